The van der Waals surface area contributed by atoms with Crippen molar-refractivity contribution in [1.82, 2.24) is 0 Å². The molecular formula is C10H15NO2S. The number of hydrogen-bond acceptors (Lipinski definition) is 4. The van der Waals surface area contributed by atoms with E-state index in [-0.39, 0.29) is 5.97 Å². The Kier molecular flexibility index (Phi) is 2.81. The average molecular weight is 213 g/mol. The number of carbonyl (C=O) groups excluding carboxylic acids is 1. The predicted molar refractivity (Wildman–Crippen MR) is 58.0 cm³/mol. The Balaban J connectivity index is 2.23. The predicted octanol–water partition coefficient (Wildman–Crippen LogP) is 1.66. The highest BCUT2D eigenvalue weighted by atomic mass is 32.2. The maximum atomic E-state index is 11.9. The van der Waals surface area contributed by atoms with Gasteiger partial charge in [0, 0.05) is 18.0 Å². The van der Waals surface area contributed by atoms with Gasteiger partial charge in [0.25, 0.3) is 0 Å². The zero-order chi connectivity index (χ0) is 10.0. The molecule has 1 aliphatic carbocycles. The first-order valence-corrected chi connectivity index (χ1v) is 6.13. The van der Waals surface area contributed by atoms with Crippen LogP contribution in [-0.2, 0) is 9.53 Å². The first-order chi connectivity index (χ1) is 6.79. The molecule has 0 aromatic heterocycles. The van der Waals surface area contributed by atoms with E-state index < -0.39 is 4.75 Å². The van der Waals surface area contributed by atoms with E-state index in [1.807, 2.05) is 6.92 Å². The molecule has 1 saturated carbocycles. The highest BCUT2D eigenvalue weighted by molar-refractivity contribution is 8.02. The molecule has 0 aromatic rings. The van der Waals surface area contributed by atoms with Crippen molar-refractivity contribution in [3.05, 3.63) is 0 Å². The maximum Gasteiger partial charge on any atom is 0.328 e. The molecule has 78 valence electrons. The normalized spacial score (nSPS) is 30.8. The zero-order valence-corrected chi connectivity index (χ0v) is 9.23. The third kappa shape index (κ3) is 1.45. The van der Waals surface area contributed by atoms with Crippen molar-refractivity contribution in [2.24, 2.45) is 4.99 Å². The van der Waals surface area contributed by atoms with E-state index >= 15 is 0 Å². The molecule has 4 heteroatoms. The smallest absolute Gasteiger partial charge is 0.328 e. The number of rotatable bonds is 2. The quantitative estimate of drug-likeness (QED) is 0.655. The fourth-order valence-electron chi connectivity index (χ4n) is 2.14. The summed E-state index contributed by atoms with van der Waals surface area (Å²) in [6, 6.07) is 0. The largest absolute Gasteiger partial charge is 0.465 e. The second kappa shape index (κ2) is 3.93. The summed E-state index contributed by atoms with van der Waals surface area (Å²) in [5.74, 6) is 0.878. The van der Waals surface area contributed by atoms with E-state index in [1.165, 1.54) is 0 Å². The lowest BCUT2D eigenvalue weighted by molar-refractivity contribution is -0.144. The number of hydrogen-bond donors (Lipinski definition) is 0. The number of carbonyl (C=O) groups is 1. The van der Waals surface area contributed by atoms with Crippen LogP contribution in [0, 0.1) is 0 Å². The van der Waals surface area contributed by atoms with Gasteiger partial charge < -0.3 is 4.74 Å². The van der Waals surface area contributed by atoms with Crippen LogP contribution in [0.1, 0.15) is 26.2 Å². The number of fused-ring (bicyclic) bond motifs is 1. The Morgan fingerprint density at radius 2 is 2.57 bits per heavy atom. The van der Waals surface area contributed by atoms with Crippen molar-refractivity contribution < 1.29 is 9.53 Å². The van der Waals surface area contributed by atoms with Crippen LogP contribution >= 0.6 is 11.8 Å². The SMILES string of the molecule is CCOC(=O)C12CCCC1=NCCS2. The van der Waals surface area contributed by atoms with Gasteiger partial charge in [0.2, 0.25) is 0 Å². The lowest BCUT2D eigenvalue weighted by Crippen LogP contribution is -2.43. The van der Waals surface area contributed by atoms with E-state index in [0.717, 1.165) is 37.3 Å². The molecule has 3 nitrogen and oxygen atoms in total. The lowest BCUT2D eigenvalue weighted by atomic mass is 10.1. The molecule has 1 fully saturated rings. The lowest BCUT2D eigenvalue weighted by Gasteiger charge is -2.29. The zero-order valence-electron chi connectivity index (χ0n) is 8.41. The van der Waals surface area contributed by atoms with Crippen LogP contribution in [-0.4, -0.2) is 35.3 Å². The summed E-state index contributed by atoms with van der Waals surface area (Å²) in [5, 5.41) is 0. The van der Waals surface area contributed by atoms with E-state index in [9.17, 15) is 4.79 Å². The van der Waals surface area contributed by atoms with Gasteiger partial charge in [-0.2, -0.15) is 0 Å². The van der Waals surface area contributed by atoms with Gasteiger partial charge in [-0.3, -0.25) is 9.79 Å². The maximum absolute atomic E-state index is 11.9. The van der Waals surface area contributed by atoms with E-state index in [1.54, 1.807) is 11.8 Å². The van der Waals surface area contributed by atoms with Crippen LogP contribution < -0.4 is 0 Å². The minimum absolute atomic E-state index is 0.0686. The van der Waals surface area contributed by atoms with Crippen LogP contribution in [0.2, 0.25) is 0 Å². The van der Waals surface area contributed by atoms with Gasteiger partial charge >= 0.3 is 5.97 Å². The molecule has 1 atom stereocenters. The van der Waals surface area contributed by atoms with E-state index in [0.29, 0.717) is 6.61 Å². The topological polar surface area (TPSA) is 38.7 Å². The second-order valence-electron chi connectivity index (χ2n) is 3.58. The van der Waals surface area contributed by atoms with E-state index in [4.69, 9.17) is 4.74 Å². The molecule has 0 saturated heterocycles. The molecule has 14 heavy (non-hydrogen) atoms. The van der Waals surface area contributed by atoms with Crippen LogP contribution in [0.4, 0.5) is 0 Å². The molecule has 0 radical (unpaired) electrons. The van der Waals surface area contributed by atoms with Crippen LogP contribution in [0.25, 0.3) is 0 Å². The summed E-state index contributed by atoms with van der Waals surface area (Å²) in [6.45, 7) is 3.18. The van der Waals surface area contributed by atoms with Gasteiger partial charge in [0.15, 0.2) is 4.75 Å². The molecule has 0 bridgehead atoms. The number of thioether (sulfide) groups is 1. The minimum Gasteiger partial charge on any atom is -0.465 e. The van der Waals surface area contributed by atoms with Crippen LogP contribution in [0.5, 0.6) is 0 Å². The summed E-state index contributed by atoms with van der Waals surface area (Å²) in [5.41, 5.74) is 1.08. The summed E-state index contributed by atoms with van der Waals surface area (Å²) in [4.78, 5) is 16.3. The monoisotopic (exact) mass is 213 g/mol. The van der Waals surface area contributed by atoms with Crippen molar-refractivity contribution in [3.8, 4) is 0 Å². The Morgan fingerprint density at radius 1 is 1.71 bits per heavy atom. The van der Waals surface area contributed by atoms with Gasteiger partial charge in [0.1, 0.15) is 0 Å². The molecule has 2 aliphatic rings. The third-order valence-corrected chi connectivity index (χ3v) is 4.24. The van der Waals surface area contributed by atoms with Gasteiger partial charge in [-0.05, 0) is 26.2 Å². The molecule has 0 spiro atoms. The molecule has 0 N–H and O–H groups in total. The molecule has 0 amide bonds. The molecule has 2 rings (SSSR count). The van der Waals surface area contributed by atoms with Crippen LogP contribution in [0.3, 0.4) is 0 Å². The molecular weight excluding hydrogens is 198 g/mol. The molecule has 0 aromatic carbocycles. The second-order valence-corrected chi connectivity index (χ2v) is 4.97. The highest BCUT2D eigenvalue weighted by Crippen LogP contribution is 2.42. The van der Waals surface area contributed by atoms with Crippen molar-refractivity contribution in [3.63, 3.8) is 0 Å². The highest BCUT2D eigenvalue weighted by Gasteiger charge is 2.49. The summed E-state index contributed by atoms with van der Waals surface area (Å²) in [6.07, 6.45) is 2.96. The van der Waals surface area contributed by atoms with E-state index in [2.05, 4.69) is 4.99 Å². The number of nitrogens with zero attached hydrogens (tertiary/aromatic N) is 1. The Hall–Kier alpha value is -0.510. The Morgan fingerprint density at radius 3 is 3.36 bits per heavy atom. The molecule has 1 aliphatic heterocycles. The summed E-state index contributed by atoms with van der Waals surface area (Å²) in [7, 11) is 0. The van der Waals surface area contributed by atoms with Crippen molar-refractivity contribution in [2.75, 3.05) is 18.9 Å². The first kappa shape index (κ1) is 10.0. The number of ether oxygens (including phenoxy) is 1. The number of aliphatic imine (C=N–C) groups is 1. The van der Waals surface area contributed by atoms with Gasteiger partial charge in [-0.15, -0.1) is 11.8 Å². The van der Waals surface area contributed by atoms with Gasteiger partial charge in [0.05, 0.1) is 6.61 Å². The summed E-state index contributed by atoms with van der Waals surface area (Å²) < 4.78 is 4.75. The third-order valence-electron chi connectivity index (χ3n) is 2.76. The van der Waals surface area contributed by atoms with Crippen molar-refractivity contribution in [1.29, 1.82) is 0 Å². The van der Waals surface area contributed by atoms with Crippen LogP contribution in [0.15, 0.2) is 4.99 Å². The molecule has 1 heterocycles. The fraction of sp³-hybridized carbons (Fsp3) is 0.800. The minimum atomic E-state index is -0.395. The summed E-state index contributed by atoms with van der Waals surface area (Å²) >= 11 is 1.72. The molecule has 1 unspecified atom stereocenters. The van der Waals surface area contributed by atoms with Gasteiger partial charge in [-0.25, -0.2) is 0 Å². The van der Waals surface area contributed by atoms with Crippen molar-refractivity contribution in [2.45, 2.75) is 30.9 Å². The standard InChI is InChI=1S/C10H15NO2S/c1-2-13-9(12)10-5-3-4-8(10)11-6-7-14-10/h2-7H2,1H3. The average Bonchev–Trinajstić information content (AvgIpc) is 2.62. The Bertz CT molecular complexity index is 277. The van der Waals surface area contributed by atoms with Gasteiger partial charge in [-0.1, -0.05) is 0 Å². The Labute approximate surface area is 88.3 Å². The van der Waals surface area contributed by atoms with Crippen molar-refractivity contribution >= 4 is 23.4 Å². The first-order valence-electron chi connectivity index (χ1n) is 5.14. The fourth-order valence-corrected chi connectivity index (χ4v) is 3.47. The number of esters is 1.